The third-order valence-corrected chi connectivity index (χ3v) is 24.5. The van der Waals surface area contributed by atoms with Crippen molar-refractivity contribution in [2.45, 2.75) is 77.8 Å². The van der Waals surface area contributed by atoms with Gasteiger partial charge in [0.1, 0.15) is 32.3 Å². The van der Waals surface area contributed by atoms with E-state index in [4.69, 9.17) is 18.9 Å². The molecule has 0 radical (unpaired) electrons. The quantitative estimate of drug-likeness (QED) is 0.0762. The summed E-state index contributed by atoms with van der Waals surface area (Å²) in [5, 5.41) is 3.69. The van der Waals surface area contributed by atoms with Crippen molar-refractivity contribution in [2.75, 3.05) is 19.6 Å². The first-order valence-corrected chi connectivity index (χ1v) is 36.6. The molecule has 4 aromatic heterocycles. The van der Waals surface area contributed by atoms with Crippen molar-refractivity contribution < 1.29 is 38.1 Å². The number of para-hydroxylation sites is 5. The summed E-state index contributed by atoms with van der Waals surface area (Å²) in [6.45, 7) is 15.8. The molecule has 1 atom stereocenters. The highest BCUT2D eigenvalue weighted by Gasteiger charge is 2.48. The average Bonchev–Trinajstić information content (AvgIpc) is 0.890. The number of fused-ring (bicyclic) bond motifs is 10. The molecule has 18 rings (SSSR count). The Hall–Kier alpha value is -10.9. The maximum absolute atomic E-state index is 14.4. The van der Waals surface area contributed by atoms with Crippen molar-refractivity contribution in [1.29, 1.82) is 0 Å². The van der Waals surface area contributed by atoms with Crippen molar-refractivity contribution in [2.24, 2.45) is 0 Å². The second-order valence-electron chi connectivity index (χ2n) is 27.1. The van der Waals surface area contributed by atoms with E-state index in [0.29, 0.717) is 25.9 Å². The summed E-state index contributed by atoms with van der Waals surface area (Å²) >= 11 is 5.90. The van der Waals surface area contributed by atoms with Crippen molar-refractivity contribution in [3.8, 4) is 0 Å². The molecule has 100 heavy (non-hydrogen) atoms. The summed E-state index contributed by atoms with van der Waals surface area (Å²) in [4.78, 5) is 68.6. The van der Waals surface area contributed by atoms with Crippen LogP contribution < -0.4 is 19.6 Å². The molecule has 0 spiro atoms. The van der Waals surface area contributed by atoms with Gasteiger partial charge >= 0.3 is 23.9 Å². The average molecular weight is 1380 g/mol. The van der Waals surface area contributed by atoms with E-state index in [1.165, 1.54) is 56.4 Å². The van der Waals surface area contributed by atoms with E-state index in [9.17, 15) is 19.2 Å². The van der Waals surface area contributed by atoms with Gasteiger partial charge in [-0.3, -0.25) is 0 Å². The Labute approximate surface area is 593 Å². The number of esters is 4. The Morgan fingerprint density at radius 1 is 0.370 bits per heavy atom. The fourth-order valence-electron chi connectivity index (χ4n) is 15.6. The minimum absolute atomic E-state index is 0.0636. The Bertz CT molecular complexity index is 5610. The van der Waals surface area contributed by atoms with Crippen molar-refractivity contribution in [1.82, 2.24) is 0 Å². The molecule has 12 aromatic rings. The van der Waals surface area contributed by atoms with E-state index < -0.39 is 29.3 Å². The summed E-state index contributed by atoms with van der Waals surface area (Å²) in [6, 6.07) is 76.7. The van der Waals surface area contributed by atoms with E-state index >= 15 is 0 Å². The van der Waals surface area contributed by atoms with Gasteiger partial charge in [-0.05, 0) is 164 Å². The van der Waals surface area contributed by atoms with E-state index in [0.717, 1.165) is 81.1 Å². The van der Waals surface area contributed by atoms with Crippen molar-refractivity contribution in [3.63, 3.8) is 0 Å². The predicted octanol–water partition coefficient (Wildman–Crippen LogP) is 21.2. The third kappa shape index (κ3) is 9.48. The highest BCUT2D eigenvalue weighted by Crippen LogP contribution is 2.58. The Kier molecular flexibility index (Phi) is 14.2. The molecule has 0 aliphatic carbocycles. The van der Waals surface area contributed by atoms with Crippen LogP contribution in [-0.4, -0.2) is 36.0 Å². The lowest BCUT2D eigenvalue weighted by molar-refractivity contribution is -0.132. The number of ether oxygens (including phenoxy) is 4. The van der Waals surface area contributed by atoms with Crippen molar-refractivity contribution in [3.05, 3.63) is 295 Å². The van der Waals surface area contributed by atoms with Gasteiger partial charge < -0.3 is 38.5 Å². The number of carbonyl (C=O) groups excluding carboxylic acids is 4. The van der Waals surface area contributed by atoms with Crippen LogP contribution in [-0.2, 0) is 55.4 Å². The Morgan fingerprint density at radius 3 is 1.19 bits per heavy atom. The van der Waals surface area contributed by atoms with Gasteiger partial charge in [0, 0.05) is 108 Å². The fraction of sp³-hybridized carbons (Fsp3) is 0.143. The topological polar surface area (TPSA) is 118 Å². The molecule has 6 aliphatic heterocycles. The van der Waals surface area contributed by atoms with E-state index in [1.54, 1.807) is 11.3 Å². The minimum Gasteiger partial charge on any atom is -0.418 e. The SMILES string of the molecule is CC(C)N1c2ccccc2C(C)(C)c2c1ccc1cc(C3=C4OC(=O)C(c5cc6ccc7c(c6s5)C(C)(C)c5ccccc5N7C(C)Cc5cccc(N(c6ccccc6)c6ccc(C7=C8OC(=O)C(c9ccc(N(c%10ccccc%10)c%10ccccc%10)s9)=C8OC7=O)s6)c5)=C4OC3=O)sc21. The lowest BCUT2D eigenvalue weighted by Gasteiger charge is -2.45. The van der Waals surface area contributed by atoms with E-state index in [2.05, 4.69) is 177 Å². The van der Waals surface area contributed by atoms with Crippen LogP contribution in [0.25, 0.3) is 42.5 Å². The number of benzene rings is 8. The van der Waals surface area contributed by atoms with Gasteiger partial charge in [0.25, 0.3) is 0 Å². The fourth-order valence-corrected chi connectivity index (χ4v) is 20.6. The molecule has 0 amide bonds. The second kappa shape index (κ2) is 23.1. The smallest absolute Gasteiger partial charge is 0.349 e. The molecular formula is C84H62N4O8S4. The Balaban J connectivity index is 0.659. The molecule has 0 bridgehead atoms. The van der Waals surface area contributed by atoms with Gasteiger partial charge in [-0.1, -0.05) is 143 Å². The summed E-state index contributed by atoms with van der Waals surface area (Å²) in [5.74, 6) is -1.68. The van der Waals surface area contributed by atoms with Crippen molar-refractivity contribution >= 4 is 167 Å². The highest BCUT2D eigenvalue weighted by atomic mass is 32.1. The summed E-state index contributed by atoms with van der Waals surface area (Å²) < 4.78 is 26.5. The lowest BCUT2D eigenvalue weighted by atomic mass is 9.73. The summed E-state index contributed by atoms with van der Waals surface area (Å²) in [5.41, 5.74) is 14.2. The van der Waals surface area contributed by atoms with Gasteiger partial charge in [0.2, 0.25) is 0 Å². The van der Waals surface area contributed by atoms with Crippen LogP contribution in [0.15, 0.2) is 247 Å². The summed E-state index contributed by atoms with van der Waals surface area (Å²) in [6.07, 6.45) is 0.663. The number of carbonyl (C=O) groups is 4. The molecule has 0 saturated carbocycles. The monoisotopic (exact) mass is 1380 g/mol. The predicted molar refractivity (Wildman–Crippen MR) is 403 cm³/mol. The lowest BCUT2D eigenvalue weighted by Crippen LogP contribution is -2.38. The van der Waals surface area contributed by atoms with Gasteiger partial charge in [0.15, 0.2) is 23.0 Å². The van der Waals surface area contributed by atoms with Crippen LogP contribution in [0.2, 0.25) is 0 Å². The molecule has 1 unspecified atom stereocenters. The largest absolute Gasteiger partial charge is 0.418 e. The molecule has 10 heterocycles. The van der Waals surface area contributed by atoms with Crippen LogP contribution in [0, 0.1) is 0 Å². The standard InChI is InChI=1S/C84H62N4O8S4/c1-46(2)85-57-32-19-17-30-55(57)83(4,5)71-59(85)36-34-49-44-63(99-77(49)71)69-75-76(96-81(69)91)70(82(92)95-75)64-45-50-35-37-60-72(78(50)100-64)84(6,7)56-31-18-20-33-58(56)86(60)47(3)42-48-22-21-29-54(43-48)88(53-27-15-10-16-28-53)66-41-39-62(98-66)68-74-73(93-80(68)90)67(79(89)94-74)61-38-40-65(97-61)87(51-23-11-8-12-24-51)52-25-13-9-14-26-52/h8-41,43-47H,42H2,1-7H3. The molecular weight excluding hydrogens is 1320 g/mol. The molecule has 16 heteroatoms. The number of hydrogen-bond acceptors (Lipinski definition) is 16. The molecule has 8 aromatic carbocycles. The first kappa shape index (κ1) is 61.5. The number of thiophene rings is 4. The Morgan fingerprint density at radius 2 is 0.750 bits per heavy atom. The van der Waals surface area contributed by atoms with Crippen LogP contribution in [0.4, 0.5) is 55.5 Å². The normalized spacial score (nSPS) is 16.6. The third-order valence-electron chi connectivity index (χ3n) is 20.0. The molecule has 0 saturated heterocycles. The number of anilines is 10. The molecule has 0 N–H and O–H groups in total. The zero-order valence-corrected chi connectivity index (χ0v) is 58.7. The van der Waals surface area contributed by atoms with Crippen LogP contribution >= 0.6 is 45.3 Å². The first-order chi connectivity index (χ1) is 48.5. The second-order valence-corrected chi connectivity index (χ2v) is 31.4. The van der Waals surface area contributed by atoms with Gasteiger partial charge in [0.05, 0.1) is 0 Å². The van der Waals surface area contributed by atoms with Gasteiger partial charge in [-0.25, -0.2) is 19.2 Å². The maximum Gasteiger partial charge on any atom is 0.349 e. The maximum atomic E-state index is 14.4. The number of rotatable bonds is 14. The van der Waals surface area contributed by atoms with Crippen LogP contribution in [0.5, 0.6) is 0 Å². The highest BCUT2D eigenvalue weighted by molar-refractivity contribution is 7.21. The van der Waals surface area contributed by atoms with Gasteiger partial charge in [-0.2, -0.15) is 0 Å². The van der Waals surface area contributed by atoms with Crippen LogP contribution in [0.3, 0.4) is 0 Å². The first-order valence-electron chi connectivity index (χ1n) is 33.3. The zero-order valence-electron chi connectivity index (χ0n) is 55.4. The van der Waals surface area contributed by atoms with E-state index in [1.807, 2.05) is 115 Å². The molecule has 0 fully saturated rings. The van der Waals surface area contributed by atoms with Gasteiger partial charge in [-0.15, -0.1) is 45.3 Å². The van der Waals surface area contributed by atoms with E-state index in [-0.39, 0.29) is 62.8 Å². The van der Waals surface area contributed by atoms with Crippen LogP contribution in [0.1, 0.15) is 95.8 Å². The summed E-state index contributed by atoms with van der Waals surface area (Å²) in [7, 11) is 0. The zero-order chi connectivity index (χ0) is 68.2. The molecule has 12 nitrogen and oxygen atoms in total. The number of nitrogens with zero attached hydrogens (tertiary/aromatic N) is 4. The number of hydrogen-bond donors (Lipinski definition) is 0. The minimum atomic E-state index is -0.586. The molecule has 6 aliphatic rings. The molecule has 490 valence electrons.